The van der Waals surface area contributed by atoms with Crippen LogP contribution in [0.15, 0.2) is 18.2 Å². The van der Waals surface area contributed by atoms with Crippen LogP contribution in [0.1, 0.15) is 44.6 Å². The molecule has 1 aromatic rings. The molecule has 2 atom stereocenters. The van der Waals surface area contributed by atoms with Gasteiger partial charge in [-0.2, -0.15) is 0 Å². The zero-order chi connectivity index (χ0) is 16.5. The van der Waals surface area contributed by atoms with Gasteiger partial charge in [0, 0.05) is 6.54 Å². The van der Waals surface area contributed by atoms with Crippen molar-refractivity contribution in [2.24, 2.45) is 5.92 Å². The highest BCUT2D eigenvalue weighted by Crippen LogP contribution is 2.24. The Morgan fingerprint density at radius 2 is 1.82 bits per heavy atom. The van der Waals surface area contributed by atoms with Gasteiger partial charge in [-0.05, 0) is 57.0 Å². The summed E-state index contributed by atoms with van der Waals surface area (Å²) in [5.41, 5.74) is 1.13. The Morgan fingerprint density at radius 1 is 1.09 bits per heavy atom. The minimum atomic E-state index is -0.270. The van der Waals surface area contributed by atoms with Gasteiger partial charge in [0.1, 0.15) is 0 Å². The molecule has 0 spiro atoms. The molecule has 0 aliphatic heterocycles. The summed E-state index contributed by atoms with van der Waals surface area (Å²) in [5, 5.41) is 11.7. The van der Waals surface area contributed by atoms with Crippen molar-refractivity contribution < 1.29 is 5.11 Å². The highest BCUT2D eigenvalue weighted by molar-refractivity contribution is 6.42. The van der Waals surface area contributed by atoms with Gasteiger partial charge in [0.2, 0.25) is 0 Å². The van der Waals surface area contributed by atoms with Gasteiger partial charge >= 0.3 is 0 Å². The van der Waals surface area contributed by atoms with Gasteiger partial charge in [0.15, 0.2) is 0 Å². The van der Waals surface area contributed by atoms with Crippen LogP contribution in [0.25, 0.3) is 0 Å². The van der Waals surface area contributed by atoms with Crippen molar-refractivity contribution in [1.82, 2.24) is 4.90 Å². The second-order valence-electron chi connectivity index (χ2n) is 6.37. The maximum absolute atomic E-state index is 10.6. The minimum absolute atomic E-state index is 0.270. The lowest BCUT2D eigenvalue weighted by molar-refractivity contribution is 0.0765. The zero-order valence-corrected chi connectivity index (χ0v) is 15.5. The first-order valence-corrected chi connectivity index (χ1v) is 8.96. The second-order valence-corrected chi connectivity index (χ2v) is 7.19. The monoisotopic (exact) mass is 345 g/mol. The van der Waals surface area contributed by atoms with E-state index in [-0.39, 0.29) is 6.10 Å². The molecule has 126 valence electrons. The average molecular weight is 346 g/mol. The molecule has 1 rings (SSSR count). The average Bonchev–Trinajstić information content (AvgIpc) is 2.47. The molecule has 1 aromatic carbocycles. The van der Waals surface area contributed by atoms with Gasteiger partial charge in [-0.15, -0.1) is 0 Å². The molecular formula is C18H29Cl2NO. The van der Waals surface area contributed by atoms with Crippen LogP contribution < -0.4 is 0 Å². The van der Waals surface area contributed by atoms with Gasteiger partial charge < -0.3 is 10.0 Å². The fourth-order valence-corrected chi connectivity index (χ4v) is 3.10. The van der Waals surface area contributed by atoms with E-state index in [1.54, 1.807) is 0 Å². The molecular weight excluding hydrogens is 317 g/mol. The number of aliphatic hydroxyl groups excluding tert-OH is 1. The van der Waals surface area contributed by atoms with Crippen LogP contribution in [0, 0.1) is 5.92 Å². The Bertz CT molecular complexity index is 437. The van der Waals surface area contributed by atoms with Crippen molar-refractivity contribution in [3.63, 3.8) is 0 Å². The highest BCUT2D eigenvalue weighted by Gasteiger charge is 2.19. The van der Waals surface area contributed by atoms with Crippen molar-refractivity contribution >= 4 is 23.2 Å². The summed E-state index contributed by atoms with van der Waals surface area (Å²) in [7, 11) is 4.14. The number of rotatable bonds is 10. The van der Waals surface area contributed by atoms with Crippen molar-refractivity contribution in [2.45, 2.75) is 51.6 Å². The molecule has 0 aliphatic rings. The van der Waals surface area contributed by atoms with Gasteiger partial charge in [0.05, 0.1) is 16.1 Å². The van der Waals surface area contributed by atoms with Crippen LogP contribution in [-0.2, 0) is 6.42 Å². The van der Waals surface area contributed by atoms with Crippen molar-refractivity contribution in [3.8, 4) is 0 Å². The largest absolute Gasteiger partial charge is 0.393 e. The number of benzene rings is 1. The molecule has 0 saturated carbocycles. The molecule has 0 radical (unpaired) electrons. The number of hydrogen-bond donors (Lipinski definition) is 1. The van der Waals surface area contributed by atoms with Crippen LogP contribution >= 0.6 is 23.2 Å². The Labute approximate surface area is 145 Å². The van der Waals surface area contributed by atoms with Gasteiger partial charge in [-0.3, -0.25) is 0 Å². The van der Waals surface area contributed by atoms with E-state index in [0.29, 0.717) is 16.0 Å². The summed E-state index contributed by atoms with van der Waals surface area (Å²) in [6.07, 6.45) is 6.07. The van der Waals surface area contributed by atoms with E-state index in [2.05, 4.69) is 25.9 Å². The van der Waals surface area contributed by atoms with Crippen molar-refractivity contribution in [3.05, 3.63) is 33.8 Å². The number of hydrogen-bond acceptors (Lipinski definition) is 2. The number of halogens is 2. The summed E-state index contributed by atoms with van der Waals surface area (Å²) < 4.78 is 0. The van der Waals surface area contributed by atoms with Crippen LogP contribution in [0.4, 0.5) is 0 Å². The number of aryl methyl sites for hydroxylation is 1. The first-order chi connectivity index (χ1) is 10.4. The number of nitrogens with zero attached hydrogens (tertiary/aromatic N) is 1. The summed E-state index contributed by atoms with van der Waals surface area (Å²) in [5.74, 6) is 0.337. The molecule has 4 heteroatoms. The molecule has 22 heavy (non-hydrogen) atoms. The summed E-state index contributed by atoms with van der Waals surface area (Å²) >= 11 is 12.0. The third-order valence-electron chi connectivity index (χ3n) is 4.04. The molecule has 0 fully saturated rings. The van der Waals surface area contributed by atoms with Crippen LogP contribution in [0.5, 0.6) is 0 Å². The Morgan fingerprint density at radius 3 is 2.41 bits per heavy atom. The molecule has 0 saturated heterocycles. The van der Waals surface area contributed by atoms with E-state index < -0.39 is 0 Å². The van der Waals surface area contributed by atoms with E-state index in [0.717, 1.165) is 31.4 Å². The fourth-order valence-electron chi connectivity index (χ4n) is 2.78. The van der Waals surface area contributed by atoms with Crippen molar-refractivity contribution in [2.75, 3.05) is 20.6 Å². The maximum Gasteiger partial charge on any atom is 0.0595 e. The lowest BCUT2D eigenvalue weighted by Gasteiger charge is -2.26. The summed E-state index contributed by atoms with van der Waals surface area (Å²) in [6.45, 7) is 3.15. The predicted molar refractivity (Wildman–Crippen MR) is 97.0 cm³/mol. The van der Waals surface area contributed by atoms with Gasteiger partial charge in [-0.25, -0.2) is 0 Å². The summed E-state index contributed by atoms with van der Waals surface area (Å²) in [4.78, 5) is 2.17. The van der Waals surface area contributed by atoms with Crippen LogP contribution in [0.2, 0.25) is 10.0 Å². The zero-order valence-electron chi connectivity index (χ0n) is 14.0. The molecule has 1 N–H and O–H groups in total. The molecule has 0 heterocycles. The van der Waals surface area contributed by atoms with Crippen LogP contribution in [-0.4, -0.2) is 36.8 Å². The predicted octanol–water partition coefficient (Wildman–Crippen LogP) is 5.05. The maximum atomic E-state index is 10.6. The third-order valence-corrected chi connectivity index (χ3v) is 4.77. The molecule has 0 aromatic heterocycles. The first kappa shape index (κ1) is 19.8. The standard InChI is InChI=1S/C18H29Cl2NO/c1-4-5-6-7-15(13-21(2)3)18(22)11-9-14-8-10-16(19)17(20)12-14/h8,10,12,15,18,22H,4-7,9,11,13H2,1-3H3. The molecule has 2 nitrogen and oxygen atoms in total. The summed E-state index contributed by atoms with van der Waals surface area (Å²) in [6, 6.07) is 5.71. The third kappa shape index (κ3) is 7.32. The topological polar surface area (TPSA) is 23.5 Å². The molecule has 0 bridgehead atoms. The van der Waals surface area contributed by atoms with Gasteiger partial charge in [-0.1, -0.05) is 55.5 Å². The SMILES string of the molecule is CCCCCC(CN(C)C)C(O)CCc1ccc(Cl)c(Cl)c1. The van der Waals surface area contributed by atoms with E-state index in [1.807, 2.05) is 18.2 Å². The normalized spacial score (nSPS) is 14.3. The molecule has 0 aliphatic carbocycles. The van der Waals surface area contributed by atoms with Crippen LogP contribution in [0.3, 0.4) is 0 Å². The Kier molecular flexibility index (Phi) is 9.42. The Hall–Kier alpha value is -0.280. The van der Waals surface area contributed by atoms with E-state index >= 15 is 0 Å². The van der Waals surface area contributed by atoms with Gasteiger partial charge in [0.25, 0.3) is 0 Å². The van der Waals surface area contributed by atoms with Crippen molar-refractivity contribution in [1.29, 1.82) is 0 Å². The molecule has 2 unspecified atom stereocenters. The lowest BCUT2D eigenvalue weighted by atomic mass is 9.91. The first-order valence-electron chi connectivity index (χ1n) is 8.20. The van der Waals surface area contributed by atoms with E-state index in [9.17, 15) is 5.11 Å². The second kappa shape index (κ2) is 10.5. The minimum Gasteiger partial charge on any atom is -0.393 e. The number of aliphatic hydroxyl groups is 1. The number of unbranched alkanes of at least 4 members (excludes halogenated alkanes) is 2. The smallest absolute Gasteiger partial charge is 0.0595 e. The Balaban J connectivity index is 2.53. The van der Waals surface area contributed by atoms with E-state index in [1.165, 1.54) is 19.3 Å². The molecule has 0 amide bonds. The fraction of sp³-hybridized carbons (Fsp3) is 0.667. The lowest BCUT2D eigenvalue weighted by Crippen LogP contribution is -2.31. The quantitative estimate of drug-likeness (QED) is 0.600. The highest BCUT2D eigenvalue weighted by atomic mass is 35.5. The van der Waals surface area contributed by atoms with E-state index in [4.69, 9.17) is 23.2 Å².